The predicted octanol–water partition coefficient (Wildman–Crippen LogP) is 1.70. The third-order valence-electron chi connectivity index (χ3n) is 2.64. The number of hydrogen-bond acceptors (Lipinski definition) is 4. The first-order valence-electron chi connectivity index (χ1n) is 5.67. The highest BCUT2D eigenvalue weighted by Gasteiger charge is 2.21. The van der Waals surface area contributed by atoms with Crippen molar-refractivity contribution < 1.29 is 14.3 Å². The van der Waals surface area contributed by atoms with Crippen LogP contribution in [-0.4, -0.2) is 38.8 Å². The van der Waals surface area contributed by atoms with Gasteiger partial charge in [0.1, 0.15) is 11.9 Å². The molecule has 0 spiro atoms. The zero-order valence-corrected chi connectivity index (χ0v) is 12.0. The van der Waals surface area contributed by atoms with Crippen LogP contribution in [0.1, 0.15) is 0 Å². The van der Waals surface area contributed by atoms with Crippen LogP contribution in [0.4, 0.5) is 5.69 Å². The van der Waals surface area contributed by atoms with E-state index in [1.54, 1.807) is 25.3 Å². The summed E-state index contributed by atoms with van der Waals surface area (Å²) in [5.74, 6) is 0.397. The molecule has 1 aliphatic heterocycles. The molecule has 1 fully saturated rings. The second kappa shape index (κ2) is 7.55. The second-order valence-corrected chi connectivity index (χ2v) is 4.31. The quantitative estimate of drug-likeness (QED) is 0.892. The van der Waals surface area contributed by atoms with Gasteiger partial charge in [-0.25, -0.2) is 0 Å². The molecule has 0 aromatic heterocycles. The van der Waals surface area contributed by atoms with E-state index in [1.807, 2.05) is 0 Å². The molecule has 1 amide bonds. The third kappa shape index (κ3) is 4.24. The van der Waals surface area contributed by atoms with E-state index in [9.17, 15) is 4.79 Å². The van der Waals surface area contributed by atoms with Gasteiger partial charge in [0.15, 0.2) is 0 Å². The number of ether oxygens (including phenoxy) is 2. The first kappa shape index (κ1) is 16.0. The highest BCUT2D eigenvalue weighted by Crippen LogP contribution is 2.27. The fraction of sp³-hybridized carbons (Fsp3) is 0.417. The monoisotopic (exact) mass is 306 g/mol. The van der Waals surface area contributed by atoms with E-state index in [0.29, 0.717) is 29.6 Å². The normalized spacial score (nSPS) is 18.3. The van der Waals surface area contributed by atoms with E-state index in [2.05, 4.69) is 10.6 Å². The minimum Gasteiger partial charge on any atom is -0.495 e. The summed E-state index contributed by atoms with van der Waals surface area (Å²) in [6.07, 6.45) is -0.459. The average Bonchev–Trinajstić information content (AvgIpc) is 2.40. The largest absolute Gasteiger partial charge is 0.495 e. The second-order valence-electron chi connectivity index (χ2n) is 3.90. The van der Waals surface area contributed by atoms with Crippen molar-refractivity contribution in [1.29, 1.82) is 0 Å². The third-order valence-corrected chi connectivity index (χ3v) is 2.93. The molecule has 0 radical (unpaired) electrons. The van der Waals surface area contributed by atoms with Crippen molar-refractivity contribution >= 4 is 35.6 Å². The van der Waals surface area contributed by atoms with Gasteiger partial charge < -0.3 is 20.1 Å². The summed E-state index contributed by atoms with van der Waals surface area (Å²) in [6.45, 7) is 1.84. The van der Waals surface area contributed by atoms with Gasteiger partial charge in [-0.3, -0.25) is 4.79 Å². The number of halogens is 2. The lowest BCUT2D eigenvalue weighted by atomic mass is 10.2. The summed E-state index contributed by atoms with van der Waals surface area (Å²) in [7, 11) is 1.54. The topological polar surface area (TPSA) is 59.6 Å². The average molecular weight is 307 g/mol. The number of carbonyl (C=O) groups excluding carboxylic acids is 1. The molecule has 0 saturated carbocycles. The molecule has 1 unspecified atom stereocenters. The van der Waals surface area contributed by atoms with Crippen LogP contribution in [0, 0.1) is 0 Å². The lowest BCUT2D eigenvalue weighted by Gasteiger charge is -2.22. The molecule has 7 heteroatoms. The minimum absolute atomic E-state index is 0. The van der Waals surface area contributed by atoms with E-state index in [-0.39, 0.29) is 18.3 Å². The molecule has 1 aromatic rings. The Morgan fingerprint density at radius 2 is 2.37 bits per heavy atom. The van der Waals surface area contributed by atoms with Crippen molar-refractivity contribution in [3.8, 4) is 5.75 Å². The van der Waals surface area contributed by atoms with Gasteiger partial charge in [-0.15, -0.1) is 12.4 Å². The molecule has 1 atom stereocenters. The van der Waals surface area contributed by atoms with Gasteiger partial charge in [-0.05, 0) is 18.2 Å². The number of hydrogen-bond donors (Lipinski definition) is 2. The van der Waals surface area contributed by atoms with Gasteiger partial charge in [0.05, 0.1) is 18.7 Å². The van der Waals surface area contributed by atoms with Gasteiger partial charge in [0.25, 0.3) is 5.91 Å². The molecule has 106 valence electrons. The maximum absolute atomic E-state index is 11.9. The van der Waals surface area contributed by atoms with Crippen molar-refractivity contribution in [3.63, 3.8) is 0 Å². The number of rotatable bonds is 3. The van der Waals surface area contributed by atoms with Crippen LogP contribution in [0.25, 0.3) is 0 Å². The Morgan fingerprint density at radius 1 is 1.58 bits per heavy atom. The first-order valence-corrected chi connectivity index (χ1v) is 6.05. The zero-order valence-electron chi connectivity index (χ0n) is 10.4. The summed E-state index contributed by atoms with van der Waals surface area (Å²) < 4.78 is 10.4. The Labute approximate surface area is 123 Å². The minimum atomic E-state index is -0.459. The number of methoxy groups -OCH3 is 1. The molecule has 1 aliphatic rings. The predicted molar refractivity (Wildman–Crippen MR) is 76.5 cm³/mol. The fourth-order valence-corrected chi connectivity index (χ4v) is 1.96. The number of nitrogens with one attached hydrogen (secondary N) is 2. The van der Waals surface area contributed by atoms with Crippen LogP contribution in [-0.2, 0) is 9.53 Å². The molecule has 1 aromatic carbocycles. The number of morpholine rings is 1. The van der Waals surface area contributed by atoms with Crippen molar-refractivity contribution in [2.45, 2.75) is 6.10 Å². The van der Waals surface area contributed by atoms with Gasteiger partial charge >= 0.3 is 0 Å². The summed E-state index contributed by atoms with van der Waals surface area (Å²) in [5, 5.41) is 6.32. The molecular weight excluding hydrogens is 291 g/mol. The Hall–Kier alpha value is -1.01. The number of benzene rings is 1. The maximum atomic E-state index is 11.9. The molecule has 19 heavy (non-hydrogen) atoms. The first-order chi connectivity index (χ1) is 8.70. The molecular formula is C12H16Cl2N2O3. The summed E-state index contributed by atoms with van der Waals surface area (Å²) in [6, 6.07) is 5.09. The summed E-state index contributed by atoms with van der Waals surface area (Å²) in [4.78, 5) is 11.9. The van der Waals surface area contributed by atoms with Crippen LogP contribution >= 0.6 is 24.0 Å². The van der Waals surface area contributed by atoms with Gasteiger partial charge in [0, 0.05) is 18.8 Å². The van der Waals surface area contributed by atoms with Crippen molar-refractivity contribution in [2.75, 3.05) is 32.1 Å². The zero-order chi connectivity index (χ0) is 13.0. The van der Waals surface area contributed by atoms with Crippen LogP contribution < -0.4 is 15.4 Å². The van der Waals surface area contributed by atoms with E-state index in [0.717, 1.165) is 6.54 Å². The molecule has 2 N–H and O–H groups in total. The Balaban J connectivity index is 0.00000180. The van der Waals surface area contributed by atoms with E-state index in [1.165, 1.54) is 0 Å². The Bertz CT molecular complexity index is 437. The molecule has 0 bridgehead atoms. The van der Waals surface area contributed by atoms with E-state index < -0.39 is 6.10 Å². The van der Waals surface area contributed by atoms with Crippen LogP contribution in [0.3, 0.4) is 0 Å². The van der Waals surface area contributed by atoms with Gasteiger partial charge in [-0.1, -0.05) is 11.6 Å². The number of amides is 1. The SMILES string of the molecule is COc1ccc(NC(=O)C2CNCCO2)cc1Cl.Cl. The standard InChI is InChI=1S/C12H15ClN2O3.ClH/c1-17-10-3-2-8(6-9(10)13)15-12(16)11-7-14-4-5-18-11;/h2-3,6,11,14H,4-5,7H2,1H3,(H,15,16);1H. The van der Waals surface area contributed by atoms with Gasteiger partial charge in [-0.2, -0.15) is 0 Å². The smallest absolute Gasteiger partial charge is 0.254 e. The van der Waals surface area contributed by atoms with Crippen molar-refractivity contribution in [3.05, 3.63) is 23.2 Å². The summed E-state index contributed by atoms with van der Waals surface area (Å²) >= 11 is 5.98. The highest BCUT2D eigenvalue weighted by molar-refractivity contribution is 6.32. The van der Waals surface area contributed by atoms with Crippen molar-refractivity contribution in [1.82, 2.24) is 5.32 Å². The van der Waals surface area contributed by atoms with Gasteiger partial charge in [0.2, 0.25) is 0 Å². The number of carbonyl (C=O) groups is 1. The molecule has 5 nitrogen and oxygen atoms in total. The highest BCUT2D eigenvalue weighted by atomic mass is 35.5. The lowest BCUT2D eigenvalue weighted by molar-refractivity contribution is -0.128. The Kier molecular flexibility index (Phi) is 6.37. The Morgan fingerprint density at radius 3 is 2.95 bits per heavy atom. The summed E-state index contributed by atoms with van der Waals surface area (Å²) in [5.41, 5.74) is 0.625. The molecule has 2 rings (SSSR count). The maximum Gasteiger partial charge on any atom is 0.254 e. The fourth-order valence-electron chi connectivity index (χ4n) is 1.70. The van der Waals surface area contributed by atoms with Crippen LogP contribution in [0.15, 0.2) is 18.2 Å². The van der Waals surface area contributed by atoms with Crippen molar-refractivity contribution in [2.24, 2.45) is 0 Å². The van der Waals surface area contributed by atoms with Crippen LogP contribution in [0.5, 0.6) is 5.75 Å². The van der Waals surface area contributed by atoms with E-state index >= 15 is 0 Å². The number of anilines is 1. The van der Waals surface area contributed by atoms with Crippen LogP contribution in [0.2, 0.25) is 5.02 Å². The molecule has 1 saturated heterocycles. The van der Waals surface area contributed by atoms with E-state index in [4.69, 9.17) is 21.1 Å². The molecule has 0 aliphatic carbocycles. The molecule has 1 heterocycles. The lowest BCUT2D eigenvalue weighted by Crippen LogP contribution is -2.45.